The number of benzene rings is 1. The molecule has 0 fully saturated rings. The van der Waals surface area contributed by atoms with Gasteiger partial charge in [0.25, 0.3) is 0 Å². The molecule has 0 saturated carbocycles. The molecule has 0 spiro atoms. The average Bonchev–Trinajstić information content (AvgIpc) is 2.77. The molecule has 0 amide bonds. The Morgan fingerprint density at radius 2 is 1.18 bits per heavy atom. The summed E-state index contributed by atoms with van der Waals surface area (Å²) in [4.78, 5) is 25.5. The Hall–Kier alpha value is -1.96. The molecule has 0 aliphatic heterocycles. The summed E-state index contributed by atoms with van der Waals surface area (Å²) < 4.78 is 0. The van der Waals surface area contributed by atoms with E-state index in [0.29, 0.717) is 28.2 Å². The zero-order valence-electron chi connectivity index (χ0n) is 22.0. The van der Waals surface area contributed by atoms with Crippen molar-refractivity contribution in [2.75, 3.05) is 0 Å². The normalized spacial score (nSPS) is 17.1. The van der Waals surface area contributed by atoms with E-state index in [4.69, 9.17) is 0 Å². The van der Waals surface area contributed by atoms with E-state index in [1.54, 1.807) is 19.1 Å². The van der Waals surface area contributed by atoms with E-state index in [9.17, 15) is 9.59 Å². The fraction of sp³-hybridized carbons (Fsp3) is 0.613. The molecule has 0 heterocycles. The molecule has 0 bridgehead atoms. The largest absolute Gasteiger partial charge is 0.289 e. The Morgan fingerprint density at radius 1 is 0.697 bits per heavy atom. The van der Waals surface area contributed by atoms with E-state index in [0.717, 1.165) is 24.2 Å². The maximum Gasteiger partial charge on any atom is 0.194 e. The number of allylic oxidation sites excluding steroid dienone is 4. The van der Waals surface area contributed by atoms with E-state index in [-0.39, 0.29) is 11.6 Å². The predicted molar refractivity (Wildman–Crippen MR) is 141 cm³/mol. The van der Waals surface area contributed by atoms with Crippen LogP contribution in [0, 0.1) is 23.7 Å². The van der Waals surface area contributed by atoms with Crippen molar-refractivity contribution in [3.05, 3.63) is 58.7 Å². The predicted octanol–water partition coefficient (Wildman–Crippen LogP) is 9.01. The first-order valence-corrected chi connectivity index (χ1v) is 13.3. The van der Waals surface area contributed by atoms with Gasteiger partial charge in [0.05, 0.1) is 0 Å². The minimum atomic E-state index is -0.0294. The minimum absolute atomic E-state index is 0.0273. The molecule has 1 aliphatic carbocycles. The molecule has 2 rings (SSSR count). The highest BCUT2D eigenvalue weighted by atomic mass is 16.1. The maximum absolute atomic E-state index is 12.9. The highest BCUT2D eigenvalue weighted by Crippen LogP contribution is 2.28. The zero-order valence-corrected chi connectivity index (χ0v) is 22.0. The molecule has 1 aliphatic rings. The van der Waals surface area contributed by atoms with Gasteiger partial charge in [-0.05, 0) is 37.0 Å². The lowest BCUT2D eigenvalue weighted by Gasteiger charge is -2.17. The fourth-order valence-corrected chi connectivity index (χ4v) is 4.84. The van der Waals surface area contributed by atoms with Crippen LogP contribution >= 0.6 is 0 Å². The molecule has 0 saturated heterocycles. The van der Waals surface area contributed by atoms with Gasteiger partial charge in [0.1, 0.15) is 0 Å². The second-order valence-corrected chi connectivity index (χ2v) is 11.0. The van der Waals surface area contributed by atoms with Crippen molar-refractivity contribution < 1.29 is 9.59 Å². The van der Waals surface area contributed by atoms with Crippen LogP contribution in [-0.2, 0) is 0 Å². The highest BCUT2D eigenvalue weighted by molar-refractivity contribution is 6.27. The highest BCUT2D eigenvalue weighted by Gasteiger charge is 2.28. The molecule has 1 aromatic rings. The first-order chi connectivity index (χ1) is 15.7. The van der Waals surface area contributed by atoms with Gasteiger partial charge in [-0.25, -0.2) is 0 Å². The van der Waals surface area contributed by atoms with Crippen molar-refractivity contribution >= 4 is 11.6 Å². The summed E-state index contributed by atoms with van der Waals surface area (Å²) in [5, 5.41) is 0. The third-order valence-electron chi connectivity index (χ3n) is 7.23. The zero-order chi connectivity index (χ0) is 24.4. The van der Waals surface area contributed by atoms with Gasteiger partial charge in [-0.15, -0.1) is 0 Å². The smallest absolute Gasteiger partial charge is 0.194 e. The Kier molecular flexibility index (Phi) is 11.3. The van der Waals surface area contributed by atoms with E-state index in [2.05, 4.69) is 40.7 Å². The van der Waals surface area contributed by atoms with Crippen LogP contribution in [0.1, 0.15) is 120 Å². The topological polar surface area (TPSA) is 34.1 Å². The molecular formula is C31H46O2. The van der Waals surface area contributed by atoms with Crippen molar-refractivity contribution in [2.24, 2.45) is 23.7 Å². The van der Waals surface area contributed by atoms with Gasteiger partial charge in [0, 0.05) is 22.3 Å². The van der Waals surface area contributed by atoms with Crippen LogP contribution in [0.3, 0.4) is 0 Å². The summed E-state index contributed by atoms with van der Waals surface area (Å²) in [7, 11) is 0. The van der Waals surface area contributed by atoms with E-state index in [1.807, 2.05) is 18.2 Å². The molecule has 0 N–H and O–H groups in total. The molecule has 2 heteroatoms. The Labute approximate surface area is 202 Å². The lowest BCUT2D eigenvalue weighted by molar-refractivity contribution is 0.0977. The first-order valence-electron chi connectivity index (χ1n) is 13.3. The van der Waals surface area contributed by atoms with Crippen LogP contribution < -0.4 is 0 Å². The number of hydrogen-bond acceptors (Lipinski definition) is 2. The molecule has 1 unspecified atom stereocenters. The molecule has 182 valence electrons. The monoisotopic (exact) mass is 450 g/mol. The first kappa shape index (κ1) is 27.3. The van der Waals surface area contributed by atoms with Gasteiger partial charge >= 0.3 is 0 Å². The number of carbonyl (C=O) groups is 2. The van der Waals surface area contributed by atoms with Gasteiger partial charge < -0.3 is 0 Å². The van der Waals surface area contributed by atoms with Gasteiger partial charge in [-0.2, -0.15) is 0 Å². The Balaban J connectivity index is 1.70. The molecule has 0 radical (unpaired) electrons. The number of hydrogen-bond donors (Lipinski definition) is 0. The Bertz CT molecular complexity index is 842. The van der Waals surface area contributed by atoms with Crippen LogP contribution in [0.2, 0.25) is 0 Å². The summed E-state index contributed by atoms with van der Waals surface area (Å²) in [5.74, 6) is 2.82. The van der Waals surface area contributed by atoms with E-state index >= 15 is 0 Å². The summed E-state index contributed by atoms with van der Waals surface area (Å²) in [6, 6.07) is 7.14. The summed E-state index contributed by atoms with van der Waals surface area (Å²) in [6.45, 7) is 13.4. The molecule has 3 atom stereocenters. The van der Waals surface area contributed by atoms with Crippen LogP contribution in [0.25, 0.3) is 0 Å². The summed E-state index contributed by atoms with van der Waals surface area (Å²) in [6.07, 6.45) is 15.8. The van der Waals surface area contributed by atoms with Crippen molar-refractivity contribution in [3.63, 3.8) is 0 Å². The number of Topliss-reactive ketones (excluding diaryl/α,β-unsaturated/α-hetero) is 2. The molecule has 33 heavy (non-hydrogen) atoms. The quantitative estimate of drug-likeness (QED) is 0.283. The average molecular weight is 451 g/mol. The Morgan fingerprint density at radius 3 is 1.73 bits per heavy atom. The second-order valence-electron chi connectivity index (χ2n) is 11.0. The third kappa shape index (κ3) is 8.72. The van der Waals surface area contributed by atoms with Gasteiger partial charge in [0.2, 0.25) is 0 Å². The fourth-order valence-electron chi connectivity index (χ4n) is 4.84. The van der Waals surface area contributed by atoms with Gasteiger partial charge in [-0.3, -0.25) is 9.59 Å². The summed E-state index contributed by atoms with van der Waals surface area (Å²) in [5.41, 5.74) is 2.18. The molecular weight excluding hydrogens is 404 g/mol. The molecule has 1 aromatic carbocycles. The lowest BCUT2D eigenvalue weighted by Crippen LogP contribution is -2.19. The SMILES string of the molecule is CC1=C(/C=C/C(C)CCC[C@H](C)CCC[C@H](C)CCCC(C)C)C(=O)c2ccccc2C1=O. The van der Waals surface area contributed by atoms with Crippen molar-refractivity contribution in [2.45, 2.75) is 99.3 Å². The minimum Gasteiger partial charge on any atom is -0.289 e. The number of carbonyl (C=O) groups excluding carboxylic acids is 2. The van der Waals surface area contributed by atoms with Crippen molar-refractivity contribution in [1.82, 2.24) is 0 Å². The van der Waals surface area contributed by atoms with Crippen LogP contribution in [0.4, 0.5) is 0 Å². The van der Waals surface area contributed by atoms with E-state index < -0.39 is 0 Å². The second kappa shape index (κ2) is 13.7. The van der Waals surface area contributed by atoms with Crippen molar-refractivity contribution in [3.8, 4) is 0 Å². The van der Waals surface area contributed by atoms with Gasteiger partial charge in [-0.1, -0.05) is 122 Å². The van der Waals surface area contributed by atoms with Crippen molar-refractivity contribution in [1.29, 1.82) is 0 Å². The lowest BCUT2D eigenvalue weighted by atomic mass is 9.84. The maximum atomic E-state index is 12.9. The van der Waals surface area contributed by atoms with Gasteiger partial charge in [0.15, 0.2) is 11.6 Å². The molecule has 2 nitrogen and oxygen atoms in total. The standard InChI is InChI=1S/C31H46O2/c1-22(2)12-9-13-23(3)14-10-15-24(4)16-11-17-25(5)20-21-27-26(6)30(32)28-18-7-8-19-29(28)31(27)33/h7-8,18-25H,9-17H2,1-6H3/b21-20+/t23-,24-,25?/m1/s1. The summed E-state index contributed by atoms with van der Waals surface area (Å²) >= 11 is 0. The number of ketones is 2. The number of fused-ring (bicyclic) bond motifs is 1. The van der Waals surface area contributed by atoms with Crippen LogP contribution in [0.15, 0.2) is 47.6 Å². The molecule has 0 aromatic heterocycles. The van der Waals surface area contributed by atoms with Crippen LogP contribution in [-0.4, -0.2) is 11.6 Å². The number of rotatable bonds is 14. The van der Waals surface area contributed by atoms with Crippen LogP contribution in [0.5, 0.6) is 0 Å². The third-order valence-corrected chi connectivity index (χ3v) is 7.23. The van der Waals surface area contributed by atoms with E-state index in [1.165, 1.54) is 51.4 Å².